The molecule has 0 bridgehead atoms. The highest BCUT2D eigenvalue weighted by atomic mass is 32.2. The highest BCUT2D eigenvalue weighted by Crippen LogP contribution is 2.25. The average Bonchev–Trinajstić information content (AvgIpc) is 2.95. The number of amides is 1. The summed E-state index contributed by atoms with van der Waals surface area (Å²) in [5.41, 5.74) is 0. The maximum atomic E-state index is 12.5. The second kappa shape index (κ2) is 8.87. The Kier molecular flexibility index (Phi) is 6.72. The lowest BCUT2D eigenvalue weighted by molar-refractivity contribution is -0.136. The molecule has 1 amide bonds. The van der Waals surface area contributed by atoms with E-state index in [2.05, 4.69) is 11.6 Å². The molecule has 0 aliphatic carbocycles. The van der Waals surface area contributed by atoms with Crippen LogP contribution in [0.5, 0.6) is 0 Å². The molecule has 2 saturated heterocycles. The third-order valence-corrected chi connectivity index (χ3v) is 6.94. The summed E-state index contributed by atoms with van der Waals surface area (Å²) in [6.45, 7) is 3.34. The number of aliphatic hydroxyl groups is 2. The highest BCUT2D eigenvalue weighted by molar-refractivity contribution is 7.89. The smallest absolute Gasteiger partial charge is 0.240 e. The van der Waals surface area contributed by atoms with Gasteiger partial charge in [-0.2, -0.15) is 0 Å². The number of carbonyl (C=O) groups excluding carboxylic acids is 1. The molecule has 9 heteroatoms. The predicted octanol–water partition coefficient (Wildman–Crippen LogP) is 0.103. The second-order valence-corrected chi connectivity index (χ2v) is 9.39. The number of likely N-dealkylation sites (tertiary alicyclic amines) is 1. The minimum Gasteiger partial charge on any atom is -0.388 e. The van der Waals surface area contributed by atoms with Crippen molar-refractivity contribution in [1.82, 2.24) is 9.62 Å². The van der Waals surface area contributed by atoms with Crippen molar-refractivity contribution in [2.45, 2.75) is 55.5 Å². The van der Waals surface area contributed by atoms with Gasteiger partial charge in [0, 0.05) is 19.6 Å². The zero-order valence-electron chi connectivity index (χ0n) is 15.9. The van der Waals surface area contributed by atoms with Gasteiger partial charge in [-0.15, -0.1) is 0 Å². The van der Waals surface area contributed by atoms with E-state index in [9.17, 15) is 23.4 Å². The molecule has 0 saturated carbocycles. The van der Waals surface area contributed by atoms with Gasteiger partial charge in [-0.1, -0.05) is 25.1 Å². The highest BCUT2D eigenvalue weighted by Gasteiger charge is 2.44. The normalized spacial score (nSPS) is 29.2. The van der Waals surface area contributed by atoms with Gasteiger partial charge in [-0.05, 0) is 30.9 Å². The van der Waals surface area contributed by atoms with Crippen LogP contribution in [0.4, 0.5) is 0 Å². The van der Waals surface area contributed by atoms with E-state index in [-0.39, 0.29) is 23.8 Å². The van der Waals surface area contributed by atoms with Crippen LogP contribution in [0.2, 0.25) is 0 Å². The van der Waals surface area contributed by atoms with Crippen molar-refractivity contribution in [2.24, 2.45) is 5.92 Å². The van der Waals surface area contributed by atoms with E-state index >= 15 is 0 Å². The summed E-state index contributed by atoms with van der Waals surface area (Å²) in [5, 5.41) is 20.5. The van der Waals surface area contributed by atoms with E-state index in [1.54, 1.807) is 23.1 Å². The summed E-state index contributed by atoms with van der Waals surface area (Å²) in [5.74, 6) is 0.481. The SMILES string of the molecule is CC1CCN(C(=O)C[C@@H]2O[C@H](CNS(=O)(=O)c3ccccc3)[C@@H](O)[C@H]2O)CC1. The number of hydrogen-bond acceptors (Lipinski definition) is 6. The van der Waals surface area contributed by atoms with Gasteiger partial charge in [0.05, 0.1) is 17.4 Å². The monoisotopic (exact) mass is 412 g/mol. The molecule has 1 aromatic carbocycles. The van der Waals surface area contributed by atoms with Crippen LogP contribution in [0.25, 0.3) is 0 Å². The number of rotatable bonds is 6. The van der Waals surface area contributed by atoms with Gasteiger partial charge in [0.2, 0.25) is 15.9 Å². The molecule has 8 nitrogen and oxygen atoms in total. The van der Waals surface area contributed by atoms with E-state index in [0.29, 0.717) is 19.0 Å². The predicted molar refractivity (Wildman–Crippen MR) is 102 cm³/mol. The molecule has 4 atom stereocenters. The van der Waals surface area contributed by atoms with Gasteiger partial charge in [-0.3, -0.25) is 4.79 Å². The van der Waals surface area contributed by atoms with Gasteiger partial charge in [-0.25, -0.2) is 13.1 Å². The molecule has 3 rings (SSSR count). The fraction of sp³-hybridized carbons (Fsp3) is 0.632. The molecule has 0 spiro atoms. The summed E-state index contributed by atoms with van der Waals surface area (Å²) >= 11 is 0. The summed E-state index contributed by atoms with van der Waals surface area (Å²) in [7, 11) is -3.75. The lowest BCUT2D eigenvalue weighted by atomic mass is 9.98. The number of nitrogens with zero attached hydrogens (tertiary/aromatic N) is 1. The van der Waals surface area contributed by atoms with E-state index < -0.39 is 34.4 Å². The van der Waals surface area contributed by atoms with Crippen LogP contribution >= 0.6 is 0 Å². The second-order valence-electron chi connectivity index (χ2n) is 7.63. The molecule has 2 aliphatic rings. The molecule has 3 N–H and O–H groups in total. The Balaban J connectivity index is 1.54. The van der Waals surface area contributed by atoms with Gasteiger partial charge in [0.1, 0.15) is 18.3 Å². The van der Waals surface area contributed by atoms with Crippen molar-refractivity contribution in [2.75, 3.05) is 19.6 Å². The largest absolute Gasteiger partial charge is 0.388 e. The number of carbonyl (C=O) groups is 1. The average molecular weight is 413 g/mol. The van der Waals surface area contributed by atoms with Gasteiger partial charge in [0.25, 0.3) is 0 Å². The standard InChI is InChI=1S/C19H28N2O6S/c1-13-7-9-21(10-8-13)17(22)11-15-18(23)19(24)16(27-15)12-20-28(25,26)14-5-3-2-4-6-14/h2-6,13,15-16,18-20,23-24H,7-12H2,1H3/t15-,16+,18-,19+/m0/s1. The third kappa shape index (κ3) is 4.90. The molecule has 2 heterocycles. The summed E-state index contributed by atoms with van der Waals surface area (Å²) in [6.07, 6.45) is -2.41. The zero-order chi connectivity index (χ0) is 20.3. The fourth-order valence-corrected chi connectivity index (χ4v) is 4.66. The maximum Gasteiger partial charge on any atom is 0.240 e. The molecule has 0 radical (unpaired) electrons. The fourth-order valence-electron chi connectivity index (χ4n) is 3.60. The van der Waals surface area contributed by atoms with Crippen LogP contribution in [-0.2, 0) is 19.6 Å². The van der Waals surface area contributed by atoms with Crippen molar-refractivity contribution in [3.8, 4) is 0 Å². The number of benzene rings is 1. The Morgan fingerprint density at radius 3 is 2.39 bits per heavy atom. The number of piperidine rings is 1. The molecular formula is C19H28N2O6S. The zero-order valence-corrected chi connectivity index (χ0v) is 16.7. The van der Waals surface area contributed by atoms with Crippen molar-refractivity contribution in [3.63, 3.8) is 0 Å². The number of ether oxygens (including phenoxy) is 1. The Bertz CT molecular complexity index is 764. The van der Waals surface area contributed by atoms with Crippen LogP contribution in [-0.4, -0.2) is 73.5 Å². The number of sulfonamides is 1. The Labute approximate surface area is 165 Å². The Hall–Kier alpha value is -1.52. The van der Waals surface area contributed by atoms with Crippen molar-refractivity contribution >= 4 is 15.9 Å². The van der Waals surface area contributed by atoms with Gasteiger partial charge < -0.3 is 19.8 Å². The van der Waals surface area contributed by atoms with Crippen LogP contribution in [0.1, 0.15) is 26.2 Å². The first-order valence-electron chi connectivity index (χ1n) is 9.62. The maximum absolute atomic E-state index is 12.5. The van der Waals surface area contributed by atoms with Crippen molar-refractivity contribution in [3.05, 3.63) is 30.3 Å². The number of nitrogens with one attached hydrogen (secondary N) is 1. The quantitative estimate of drug-likeness (QED) is 0.610. The van der Waals surface area contributed by atoms with Crippen molar-refractivity contribution < 1.29 is 28.2 Å². The van der Waals surface area contributed by atoms with Crippen molar-refractivity contribution in [1.29, 1.82) is 0 Å². The lowest BCUT2D eigenvalue weighted by Gasteiger charge is -2.31. The molecule has 0 unspecified atom stereocenters. The van der Waals surface area contributed by atoms with Gasteiger partial charge in [0.15, 0.2) is 0 Å². The van der Waals surface area contributed by atoms with E-state index in [4.69, 9.17) is 4.74 Å². The minimum atomic E-state index is -3.75. The minimum absolute atomic E-state index is 0.0332. The molecule has 2 fully saturated rings. The van der Waals surface area contributed by atoms with Crippen LogP contribution in [0.3, 0.4) is 0 Å². The molecule has 2 aliphatic heterocycles. The molecule has 156 valence electrons. The molecule has 0 aromatic heterocycles. The molecular weight excluding hydrogens is 384 g/mol. The van der Waals surface area contributed by atoms with E-state index in [1.165, 1.54) is 12.1 Å². The van der Waals surface area contributed by atoms with Crippen LogP contribution in [0.15, 0.2) is 35.2 Å². The van der Waals surface area contributed by atoms with Crippen LogP contribution in [0, 0.1) is 5.92 Å². The van der Waals surface area contributed by atoms with E-state index in [0.717, 1.165) is 12.8 Å². The van der Waals surface area contributed by atoms with Gasteiger partial charge >= 0.3 is 0 Å². The summed E-state index contributed by atoms with van der Waals surface area (Å²) in [6, 6.07) is 7.86. The van der Waals surface area contributed by atoms with Crippen LogP contribution < -0.4 is 4.72 Å². The topological polar surface area (TPSA) is 116 Å². The first-order chi connectivity index (χ1) is 13.3. The number of aliphatic hydroxyl groups excluding tert-OH is 2. The lowest BCUT2D eigenvalue weighted by Crippen LogP contribution is -2.41. The first kappa shape index (κ1) is 21.2. The summed E-state index contributed by atoms with van der Waals surface area (Å²) < 4.78 is 32.6. The Morgan fingerprint density at radius 1 is 1.14 bits per heavy atom. The third-order valence-electron chi connectivity index (χ3n) is 5.50. The summed E-state index contributed by atoms with van der Waals surface area (Å²) in [4.78, 5) is 14.3. The molecule has 28 heavy (non-hydrogen) atoms. The number of hydrogen-bond donors (Lipinski definition) is 3. The molecule has 1 aromatic rings. The van der Waals surface area contributed by atoms with E-state index in [1.807, 2.05) is 0 Å². The Morgan fingerprint density at radius 2 is 1.75 bits per heavy atom. The first-order valence-corrected chi connectivity index (χ1v) is 11.1.